The molecule has 0 bridgehead atoms. The molecule has 0 saturated heterocycles. The van der Waals surface area contributed by atoms with E-state index in [0.29, 0.717) is 29.5 Å². The second-order valence-electron chi connectivity index (χ2n) is 15.3. The maximum Gasteiger partial charge on any atom is 0.338 e. The average Bonchev–Trinajstić information content (AvgIpc) is 2.97. The Morgan fingerprint density at radius 2 is 1.65 bits per heavy atom. The molecule has 6 rings (SSSR count). The number of benzene rings is 3. The van der Waals surface area contributed by atoms with Crippen molar-refractivity contribution in [3.05, 3.63) is 94.1 Å². The number of phenols is 1. The van der Waals surface area contributed by atoms with E-state index >= 15 is 0 Å². The van der Waals surface area contributed by atoms with Crippen LogP contribution in [0.25, 0.3) is 38.3 Å². The number of allylic oxidation sites excluding steroid dienone is 4. The third-order valence-corrected chi connectivity index (χ3v) is 10.1. The highest BCUT2D eigenvalue weighted by Gasteiger charge is 2.28. The highest BCUT2D eigenvalue weighted by Crippen LogP contribution is 2.47. The van der Waals surface area contributed by atoms with Gasteiger partial charge in [0.2, 0.25) is 0 Å². The molecule has 5 nitrogen and oxygen atoms in total. The van der Waals surface area contributed by atoms with Crippen molar-refractivity contribution >= 4 is 45.0 Å². The number of hydrogen-bond donors (Lipinski definition) is 1. The minimum absolute atomic E-state index is 0.0914. The lowest BCUT2D eigenvalue weighted by Gasteiger charge is -2.24. The van der Waals surface area contributed by atoms with Gasteiger partial charge in [0.1, 0.15) is 18.5 Å². The number of aromatic nitrogens is 1. The summed E-state index contributed by atoms with van der Waals surface area (Å²) in [4.78, 5) is 5.02. The average molecular weight is 634 g/mol. The lowest BCUT2D eigenvalue weighted by molar-refractivity contribution is 0.397. The Morgan fingerprint density at radius 3 is 2.35 bits per heavy atom. The zero-order valence-electron chi connectivity index (χ0n) is 28.1. The number of pyridine rings is 1. The molecule has 0 unspecified atom stereocenters. The molecule has 2 aliphatic rings. The third kappa shape index (κ3) is 6.39. The molecule has 0 amide bonds. The molecular weight excluding hydrogens is 589 g/mol. The zero-order valence-corrected chi connectivity index (χ0v) is 28.9. The van der Waals surface area contributed by atoms with E-state index in [2.05, 4.69) is 73.7 Å². The summed E-state index contributed by atoms with van der Waals surface area (Å²) >= 11 is 0. The predicted molar refractivity (Wildman–Crippen MR) is 194 cm³/mol. The Balaban J connectivity index is 1.65. The predicted octanol–water partition coefficient (Wildman–Crippen LogP) is 8.80. The molecule has 1 heterocycles. The Morgan fingerprint density at radius 1 is 0.891 bits per heavy atom. The van der Waals surface area contributed by atoms with Crippen LogP contribution in [0.1, 0.15) is 83.1 Å². The van der Waals surface area contributed by atoms with Crippen LogP contribution in [0.2, 0.25) is 0 Å². The molecule has 1 N–H and O–H groups in total. The van der Waals surface area contributed by atoms with Crippen LogP contribution in [0.5, 0.6) is 11.5 Å². The Labute approximate surface area is 274 Å². The first-order valence-corrected chi connectivity index (χ1v) is 17.7. The maximum absolute atomic E-state index is 13.7. The molecule has 2 aliphatic carbocycles. The van der Waals surface area contributed by atoms with Gasteiger partial charge >= 0.3 is 10.1 Å². The van der Waals surface area contributed by atoms with Crippen molar-refractivity contribution in [1.82, 2.24) is 4.98 Å². The molecule has 46 heavy (non-hydrogen) atoms. The van der Waals surface area contributed by atoms with E-state index in [9.17, 15) is 13.5 Å². The van der Waals surface area contributed by atoms with Gasteiger partial charge in [-0.15, -0.1) is 0 Å². The van der Waals surface area contributed by atoms with Gasteiger partial charge in [0.15, 0.2) is 5.75 Å². The largest absolute Gasteiger partial charge is 0.507 e. The number of aryl methyl sites for hydroxylation is 1. The second kappa shape index (κ2) is 11.8. The van der Waals surface area contributed by atoms with Gasteiger partial charge in [0, 0.05) is 17.3 Å². The molecule has 1 aromatic heterocycles. The van der Waals surface area contributed by atoms with Crippen molar-refractivity contribution in [3.8, 4) is 22.8 Å². The van der Waals surface area contributed by atoms with Crippen LogP contribution in [0.15, 0.2) is 71.8 Å². The monoisotopic (exact) mass is 633 g/mol. The Kier molecular flexibility index (Phi) is 8.21. The first-order chi connectivity index (χ1) is 21.6. The van der Waals surface area contributed by atoms with Crippen molar-refractivity contribution in [2.45, 2.75) is 80.1 Å². The number of nitrogens with zero attached hydrogens (tertiary/aromatic N) is 1. The number of hydrogen-bond acceptors (Lipinski definition) is 5. The van der Waals surface area contributed by atoms with Crippen LogP contribution in [-0.2, 0) is 29.4 Å². The summed E-state index contributed by atoms with van der Waals surface area (Å²) < 4.78 is 33.4. The molecular formula is C39H44BNO4S. The van der Waals surface area contributed by atoms with E-state index in [4.69, 9.17) is 9.17 Å². The van der Waals surface area contributed by atoms with E-state index in [-0.39, 0.29) is 27.2 Å². The number of aromatic hydroxyl groups is 1. The fourth-order valence-corrected chi connectivity index (χ4v) is 7.95. The van der Waals surface area contributed by atoms with Crippen molar-refractivity contribution in [2.75, 3.05) is 0 Å². The standard InChI is InChI=1S/C39H44BNO4S/c1-38(2,3)22-24-15-16-27-25(19-24)20-31(37(42)32(27)23-39(4,5)6)36-35-29(17-18-41-36)28-13-10-14-33(40)30(28)21-34(35)45-46(43,44)26-11-8-7-9-12-26/h8,11-12,14-21,42H,7,9-10,13,22-23,40H2,1-6H3. The van der Waals surface area contributed by atoms with Crippen molar-refractivity contribution in [2.24, 2.45) is 10.8 Å². The Hall–Kier alpha value is -3.84. The minimum atomic E-state index is -4.11. The highest BCUT2D eigenvalue weighted by atomic mass is 32.2. The first kappa shape index (κ1) is 32.1. The molecule has 4 aromatic rings. The first-order valence-electron chi connectivity index (χ1n) is 16.3. The summed E-state index contributed by atoms with van der Waals surface area (Å²) in [5.41, 5.74) is 6.42. The van der Waals surface area contributed by atoms with Crippen LogP contribution < -0.4 is 4.18 Å². The van der Waals surface area contributed by atoms with Gasteiger partial charge in [0.25, 0.3) is 0 Å². The Bertz CT molecular complexity index is 2080. The molecule has 0 radical (unpaired) electrons. The number of phenolic OH excluding ortho intramolecular Hbond substituents is 1. The summed E-state index contributed by atoms with van der Waals surface area (Å²) in [6.07, 6.45) is 13.9. The summed E-state index contributed by atoms with van der Waals surface area (Å²) in [6, 6.07) is 12.3. The van der Waals surface area contributed by atoms with Gasteiger partial charge in [-0.25, -0.2) is 0 Å². The molecule has 0 aliphatic heterocycles. The van der Waals surface area contributed by atoms with Gasteiger partial charge in [0.05, 0.1) is 11.1 Å². The van der Waals surface area contributed by atoms with Crippen LogP contribution in [0, 0.1) is 10.8 Å². The smallest absolute Gasteiger partial charge is 0.338 e. The quantitative estimate of drug-likeness (QED) is 0.170. The van der Waals surface area contributed by atoms with E-state index in [1.807, 2.05) is 24.3 Å². The molecule has 0 atom stereocenters. The van der Waals surface area contributed by atoms with E-state index < -0.39 is 10.1 Å². The van der Waals surface area contributed by atoms with Gasteiger partial charge in [-0.05, 0) is 106 Å². The third-order valence-electron chi connectivity index (χ3n) is 8.82. The minimum Gasteiger partial charge on any atom is -0.507 e. The van der Waals surface area contributed by atoms with Gasteiger partial charge in [-0.1, -0.05) is 83.4 Å². The molecule has 7 heteroatoms. The van der Waals surface area contributed by atoms with Crippen molar-refractivity contribution in [1.29, 1.82) is 0 Å². The summed E-state index contributed by atoms with van der Waals surface area (Å²) in [6.45, 7) is 13.2. The molecule has 0 spiro atoms. The normalized spacial score (nSPS) is 15.5. The number of rotatable bonds is 6. The van der Waals surface area contributed by atoms with Crippen molar-refractivity contribution < 1.29 is 17.7 Å². The fourth-order valence-electron chi connectivity index (χ4n) is 6.91. The lowest BCUT2D eigenvalue weighted by Crippen LogP contribution is -2.13. The molecule has 0 fully saturated rings. The van der Waals surface area contributed by atoms with E-state index in [0.717, 1.165) is 64.0 Å². The summed E-state index contributed by atoms with van der Waals surface area (Å²) in [5.74, 6) is 0.399. The molecule has 3 aromatic carbocycles. The van der Waals surface area contributed by atoms with E-state index in [1.54, 1.807) is 18.3 Å². The summed E-state index contributed by atoms with van der Waals surface area (Å²) in [7, 11) is -2.05. The van der Waals surface area contributed by atoms with Crippen LogP contribution in [-0.4, -0.2) is 26.4 Å². The fraction of sp³-hybridized carbons (Fsp3) is 0.359. The molecule has 0 saturated carbocycles. The van der Waals surface area contributed by atoms with Crippen molar-refractivity contribution in [3.63, 3.8) is 0 Å². The SMILES string of the molecule is BC1=CCCc2c1cc(OS(=O)(=O)C1=CCCC=C1)c1c(-c3cc4cc(CC(C)(C)C)ccc4c(CC(C)(C)C)c3O)nccc21. The highest BCUT2D eigenvalue weighted by molar-refractivity contribution is 7.91. The lowest BCUT2D eigenvalue weighted by atomic mass is 9.78. The topological polar surface area (TPSA) is 76.5 Å². The van der Waals surface area contributed by atoms with Gasteiger partial charge < -0.3 is 9.29 Å². The van der Waals surface area contributed by atoms with Crippen LogP contribution >= 0.6 is 0 Å². The summed E-state index contributed by atoms with van der Waals surface area (Å²) in [5, 5.41) is 15.6. The van der Waals surface area contributed by atoms with Crippen LogP contribution in [0.4, 0.5) is 0 Å². The van der Waals surface area contributed by atoms with Gasteiger partial charge in [-0.2, -0.15) is 8.42 Å². The van der Waals surface area contributed by atoms with E-state index in [1.165, 1.54) is 5.56 Å². The molecule has 238 valence electrons. The van der Waals surface area contributed by atoms with Crippen LogP contribution in [0.3, 0.4) is 0 Å². The number of fused-ring (bicyclic) bond motifs is 4. The zero-order chi connectivity index (χ0) is 33.0. The second-order valence-corrected chi connectivity index (χ2v) is 16.9. The maximum atomic E-state index is 13.7. The van der Waals surface area contributed by atoms with Gasteiger partial charge in [-0.3, -0.25) is 4.98 Å².